The first-order valence-electron chi connectivity index (χ1n) is 9.75. The molecule has 0 heterocycles. The third-order valence-electron chi connectivity index (χ3n) is 4.41. The van der Waals surface area contributed by atoms with E-state index in [0.29, 0.717) is 36.7 Å². The average Bonchev–Trinajstić information content (AvgIpc) is 2.74. The number of halogens is 1. The van der Waals surface area contributed by atoms with Crippen molar-refractivity contribution in [3.05, 3.63) is 71.6 Å². The number of nitrogens with one attached hydrogen (secondary N) is 1. The quantitative estimate of drug-likeness (QED) is 0.416. The zero-order valence-electron chi connectivity index (χ0n) is 17.2. The van der Waals surface area contributed by atoms with Crippen LogP contribution < -0.4 is 5.32 Å². The van der Waals surface area contributed by atoms with Gasteiger partial charge >= 0.3 is 0 Å². The van der Waals surface area contributed by atoms with Crippen LogP contribution in [0.2, 0.25) is 0 Å². The van der Waals surface area contributed by atoms with Gasteiger partial charge in [0.15, 0.2) is 0 Å². The molecule has 162 valence electrons. The minimum absolute atomic E-state index is 0.215. The van der Waals surface area contributed by atoms with E-state index in [9.17, 15) is 17.6 Å². The van der Waals surface area contributed by atoms with E-state index in [-0.39, 0.29) is 16.6 Å². The van der Waals surface area contributed by atoms with Crippen molar-refractivity contribution in [3.8, 4) is 0 Å². The third-order valence-corrected chi connectivity index (χ3v) is 7.48. The standard InChI is InChI=1S/C22H27FN2O3S2/c1-3-25(4-2)30(27,28)20-12-9-18(10-13-20)11-14-22(26)24-15-16-29-17-19-7-5-6-8-21(19)23/h5-14H,3-4,15-17H2,1-2H3,(H,24,26). The van der Waals surface area contributed by atoms with Crippen LogP contribution in [0.15, 0.2) is 59.5 Å². The van der Waals surface area contributed by atoms with Crippen LogP contribution in [-0.4, -0.2) is 44.0 Å². The minimum atomic E-state index is -3.49. The van der Waals surface area contributed by atoms with E-state index in [4.69, 9.17) is 0 Å². The second kappa shape index (κ2) is 11.9. The van der Waals surface area contributed by atoms with Gasteiger partial charge in [0, 0.05) is 37.2 Å². The van der Waals surface area contributed by atoms with Crippen molar-refractivity contribution in [2.24, 2.45) is 0 Å². The van der Waals surface area contributed by atoms with Gasteiger partial charge in [0.05, 0.1) is 4.90 Å². The molecule has 8 heteroatoms. The van der Waals surface area contributed by atoms with Crippen molar-refractivity contribution >= 4 is 33.8 Å². The fourth-order valence-electron chi connectivity index (χ4n) is 2.74. The van der Waals surface area contributed by atoms with Crippen molar-refractivity contribution < 1.29 is 17.6 Å². The number of carbonyl (C=O) groups is 1. The van der Waals surface area contributed by atoms with Crippen LogP contribution in [0.3, 0.4) is 0 Å². The molecule has 0 unspecified atom stereocenters. The molecule has 0 atom stereocenters. The Balaban J connectivity index is 1.78. The van der Waals surface area contributed by atoms with Crippen LogP contribution in [0.1, 0.15) is 25.0 Å². The van der Waals surface area contributed by atoms with E-state index < -0.39 is 10.0 Å². The van der Waals surface area contributed by atoms with Crippen LogP contribution in [0, 0.1) is 5.82 Å². The molecule has 2 aromatic carbocycles. The van der Waals surface area contributed by atoms with Crippen LogP contribution >= 0.6 is 11.8 Å². The highest BCUT2D eigenvalue weighted by Gasteiger charge is 2.20. The van der Waals surface area contributed by atoms with Gasteiger partial charge < -0.3 is 5.32 Å². The summed E-state index contributed by atoms with van der Waals surface area (Å²) in [6, 6.07) is 13.1. The maximum absolute atomic E-state index is 13.5. The Bertz CT molecular complexity index is 957. The van der Waals surface area contributed by atoms with Crippen LogP contribution in [0.25, 0.3) is 6.08 Å². The first-order chi connectivity index (χ1) is 14.4. The SMILES string of the molecule is CCN(CC)S(=O)(=O)c1ccc(C=CC(=O)NCCSCc2ccccc2F)cc1. The summed E-state index contributed by atoms with van der Waals surface area (Å²) < 4.78 is 39.9. The van der Waals surface area contributed by atoms with Crippen molar-refractivity contribution in [1.82, 2.24) is 9.62 Å². The van der Waals surface area contributed by atoms with Crippen LogP contribution in [0.5, 0.6) is 0 Å². The van der Waals surface area contributed by atoms with Gasteiger partial charge in [0.25, 0.3) is 0 Å². The van der Waals surface area contributed by atoms with Crippen LogP contribution in [-0.2, 0) is 20.6 Å². The van der Waals surface area contributed by atoms with Crippen molar-refractivity contribution in [1.29, 1.82) is 0 Å². The molecule has 0 saturated carbocycles. The smallest absolute Gasteiger partial charge is 0.244 e. The van der Waals surface area contributed by atoms with Crippen molar-refractivity contribution in [2.75, 3.05) is 25.4 Å². The topological polar surface area (TPSA) is 66.5 Å². The summed E-state index contributed by atoms with van der Waals surface area (Å²) in [5, 5.41) is 2.78. The number of thioether (sulfide) groups is 1. The van der Waals surface area contributed by atoms with Crippen molar-refractivity contribution in [2.45, 2.75) is 24.5 Å². The summed E-state index contributed by atoms with van der Waals surface area (Å²) in [5.74, 6) is 0.779. The Morgan fingerprint density at radius 3 is 2.40 bits per heavy atom. The minimum Gasteiger partial charge on any atom is -0.352 e. The summed E-state index contributed by atoms with van der Waals surface area (Å²) in [5.41, 5.74) is 1.39. The maximum Gasteiger partial charge on any atom is 0.244 e. The molecule has 1 N–H and O–H groups in total. The largest absolute Gasteiger partial charge is 0.352 e. The number of benzene rings is 2. The van der Waals surface area contributed by atoms with Gasteiger partial charge in [-0.25, -0.2) is 12.8 Å². The Labute approximate surface area is 182 Å². The molecule has 1 amide bonds. The lowest BCUT2D eigenvalue weighted by Gasteiger charge is -2.18. The molecule has 2 rings (SSSR count). The highest BCUT2D eigenvalue weighted by Crippen LogP contribution is 2.17. The summed E-state index contributed by atoms with van der Waals surface area (Å²) in [6.45, 7) is 4.91. The van der Waals surface area contributed by atoms with E-state index in [0.717, 1.165) is 5.56 Å². The van der Waals surface area contributed by atoms with Crippen LogP contribution in [0.4, 0.5) is 4.39 Å². The first kappa shape index (κ1) is 24.1. The predicted molar refractivity (Wildman–Crippen MR) is 121 cm³/mol. The van der Waals surface area contributed by atoms with Gasteiger partial charge in [-0.05, 0) is 35.4 Å². The molecule has 0 aliphatic carbocycles. The molecule has 0 spiro atoms. The molecule has 0 aromatic heterocycles. The molecule has 2 aromatic rings. The molecule has 0 saturated heterocycles. The molecule has 30 heavy (non-hydrogen) atoms. The van der Waals surface area contributed by atoms with Gasteiger partial charge in [-0.2, -0.15) is 16.1 Å². The highest BCUT2D eigenvalue weighted by atomic mass is 32.2. The summed E-state index contributed by atoms with van der Waals surface area (Å²) in [4.78, 5) is 12.2. The molecule has 0 aliphatic rings. The lowest BCUT2D eigenvalue weighted by molar-refractivity contribution is -0.116. The zero-order chi connectivity index (χ0) is 22.0. The van der Waals surface area contributed by atoms with Gasteiger partial charge in [-0.3, -0.25) is 4.79 Å². The number of sulfonamides is 1. The number of hydrogen-bond acceptors (Lipinski definition) is 4. The molecular formula is C22H27FN2O3S2. The zero-order valence-corrected chi connectivity index (χ0v) is 18.8. The van der Waals surface area contributed by atoms with Gasteiger partial charge in [-0.15, -0.1) is 0 Å². The van der Waals surface area contributed by atoms with E-state index >= 15 is 0 Å². The van der Waals surface area contributed by atoms with Gasteiger partial charge in [0.1, 0.15) is 5.82 Å². The summed E-state index contributed by atoms with van der Waals surface area (Å²) in [6.07, 6.45) is 3.05. The fourth-order valence-corrected chi connectivity index (χ4v) is 5.04. The van der Waals surface area contributed by atoms with Crippen molar-refractivity contribution in [3.63, 3.8) is 0 Å². The summed E-state index contributed by atoms with van der Waals surface area (Å²) in [7, 11) is -3.49. The lowest BCUT2D eigenvalue weighted by atomic mass is 10.2. The van der Waals surface area contributed by atoms with Gasteiger partial charge in [0.2, 0.25) is 15.9 Å². The average molecular weight is 451 g/mol. The number of nitrogens with zero attached hydrogens (tertiary/aromatic N) is 1. The van der Waals surface area contributed by atoms with E-state index in [1.165, 1.54) is 16.4 Å². The molecule has 0 bridgehead atoms. The Hall–Kier alpha value is -2.16. The lowest BCUT2D eigenvalue weighted by Crippen LogP contribution is -2.30. The predicted octanol–water partition coefficient (Wildman–Crippen LogP) is 3.92. The highest BCUT2D eigenvalue weighted by molar-refractivity contribution is 7.98. The molecule has 5 nitrogen and oxygen atoms in total. The maximum atomic E-state index is 13.5. The molecule has 0 radical (unpaired) electrons. The normalized spacial score (nSPS) is 11.9. The second-order valence-corrected chi connectivity index (χ2v) is 9.47. The monoisotopic (exact) mass is 450 g/mol. The number of rotatable bonds is 11. The summed E-state index contributed by atoms with van der Waals surface area (Å²) >= 11 is 1.55. The number of amides is 1. The van der Waals surface area contributed by atoms with E-state index in [1.54, 1.807) is 74.1 Å². The Kier molecular flexibility index (Phi) is 9.55. The third kappa shape index (κ3) is 6.97. The second-order valence-electron chi connectivity index (χ2n) is 6.43. The van der Waals surface area contributed by atoms with Gasteiger partial charge in [-0.1, -0.05) is 44.2 Å². The first-order valence-corrected chi connectivity index (χ1v) is 12.3. The Morgan fingerprint density at radius 1 is 1.10 bits per heavy atom. The number of carbonyl (C=O) groups excluding carboxylic acids is 1. The van der Waals surface area contributed by atoms with E-state index in [1.807, 2.05) is 0 Å². The van der Waals surface area contributed by atoms with E-state index in [2.05, 4.69) is 5.32 Å². The number of hydrogen-bond donors (Lipinski definition) is 1. The Morgan fingerprint density at radius 2 is 1.77 bits per heavy atom. The molecule has 0 aliphatic heterocycles. The fraction of sp³-hybridized carbons (Fsp3) is 0.318. The molecular weight excluding hydrogens is 423 g/mol. The molecule has 0 fully saturated rings.